The molecule has 0 heterocycles. The zero-order chi connectivity index (χ0) is 51.4. The van der Waals surface area contributed by atoms with Crippen LogP contribution < -0.4 is 5.32 Å². The molecule has 0 aliphatic carbocycles. The summed E-state index contributed by atoms with van der Waals surface area (Å²) in [6.45, 7) is 4.90. The van der Waals surface area contributed by atoms with E-state index in [2.05, 4.69) is 31.3 Å². The fourth-order valence-electron chi connectivity index (χ4n) is 10.0. The van der Waals surface area contributed by atoms with E-state index in [9.17, 15) is 19.8 Å². The number of hydrogen-bond donors (Lipinski definition) is 3. The molecule has 71 heavy (non-hydrogen) atoms. The van der Waals surface area contributed by atoms with Crippen molar-refractivity contribution in [2.75, 3.05) is 13.2 Å². The number of amides is 1. The normalized spacial score (nSPS) is 12.7. The number of carbonyl (C=O) groups is 2. The number of allylic oxidation sites excluding steroid dienone is 3. The van der Waals surface area contributed by atoms with Crippen molar-refractivity contribution in [3.63, 3.8) is 0 Å². The van der Waals surface area contributed by atoms with Gasteiger partial charge in [-0.15, -0.1) is 0 Å². The molecule has 0 aromatic rings. The summed E-state index contributed by atoms with van der Waals surface area (Å²) < 4.78 is 5.49. The first-order valence-electron chi connectivity index (χ1n) is 32.1. The number of ether oxygens (including phenoxy) is 1. The van der Waals surface area contributed by atoms with Crippen LogP contribution in [0.1, 0.15) is 354 Å². The summed E-state index contributed by atoms with van der Waals surface area (Å²) in [5.41, 5.74) is 0. The first-order valence-corrected chi connectivity index (χ1v) is 32.1. The SMILES string of the molecule is CCCCCCCCCCCCCCCCCCCC/C=C/C(O)C(CO)NC(=O)CCCCCCCCC/C=C\CCCCCCOC(=O)CCCCCCCCCCCCCCCCCCCCC. The summed E-state index contributed by atoms with van der Waals surface area (Å²) in [6.07, 6.45) is 75.1. The lowest BCUT2D eigenvalue weighted by Gasteiger charge is -2.20. The van der Waals surface area contributed by atoms with Crippen LogP contribution in [-0.4, -0.2) is 47.4 Å². The molecule has 2 unspecified atom stereocenters. The number of aliphatic hydroxyl groups excluding tert-OH is 2. The number of carbonyl (C=O) groups excluding carboxylic acids is 2. The smallest absolute Gasteiger partial charge is 0.305 e. The third kappa shape index (κ3) is 57.5. The Labute approximate surface area is 443 Å². The van der Waals surface area contributed by atoms with Crippen molar-refractivity contribution < 1.29 is 24.5 Å². The van der Waals surface area contributed by atoms with E-state index in [1.807, 2.05) is 6.08 Å². The van der Waals surface area contributed by atoms with Gasteiger partial charge in [0.2, 0.25) is 5.91 Å². The van der Waals surface area contributed by atoms with Crippen LogP contribution >= 0.6 is 0 Å². The molecule has 420 valence electrons. The van der Waals surface area contributed by atoms with Gasteiger partial charge in [-0.05, 0) is 57.8 Å². The van der Waals surface area contributed by atoms with E-state index < -0.39 is 12.1 Å². The van der Waals surface area contributed by atoms with Crippen LogP contribution in [0.5, 0.6) is 0 Å². The number of rotatable bonds is 60. The number of nitrogens with one attached hydrogen (secondary N) is 1. The van der Waals surface area contributed by atoms with Crippen LogP contribution in [-0.2, 0) is 14.3 Å². The summed E-state index contributed by atoms with van der Waals surface area (Å²) in [5, 5.41) is 23.2. The topological polar surface area (TPSA) is 95.9 Å². The van der Waals surface area contributed by atoms with Crippen LogP contribution in [0.3, 0.4) is 0 Å². The Morgan fingerprint density at radius 1 is 0.380 bits per heavy atom. The number of esters is 1. The van der Waals surface area contributed by atoms with Crippen molar-refractivity contribution in [1.29, 1.82) is 0 Å². The van der Waals surface area contributed by atoms with Gasteiger partial charge < -0.3 is 20.3 Å². The van der Waals surface area contributed by atoms with Crippen LogP contribution in [0.4, 0.5) is 0 Å². The number of unbranched alkanes of at least 4 members (excludes halogenated alkanes) is 47. The molecule has 0 fully saturated rings. The Morgan fingerprint density at radius 3 is 1.00 bits per heavy atom. The molecule has 0 bridgehead atoms. The lowest BCUT2D eigenvalue weighted by Crippen LogP contribution is -2.45. The van der Waals surface area contributed by atoms with Crippen molar-refractivity contribution in [1.82, 2.24) is 5.32 Å². The van der Waals surface area contributed by atoms with Crippen LogP contribution in [0, 0.1) is 0 Å². The van der Waals surface area contributed by atoms with Gasteiger partial charge in [-0.3, -0.25) is 9.59 Å². The highest BCUT2D eigenvalue weighted by molar-refractivity contribution is 5.76. The molecule has 0 aliphatic rings. The molecular formula is C65H125NO5. The molecule has 2 atom stereocenters. The van der Waals surface area contributed by atoms with Crippen molar-refractivity contribution in [3.05, 3.63) is 24.3 Å². The maximum absolute atomic E-state index is 12.5. The van der Waals surface area contributed by atoms with Gasteiger partial charge >= 0.3 is 5.97 Å². The van der Waals surface area contributed by atoms with Gasteiger partial charge in [-0.1, -0.05) is 308 Å². The molecule has 0 spiro atoms. The van der Waals surface area contributed by atoms with E-state index in [0.717, 1.165) is 70.6 Å². The Kier molecular flexibility index (Phi) is 59.5. The Morgan fingerprint density at radius 2 is 0.662 bits per heavy atom. The second kappa shape index (κ2) is 60.9. The monoisotopic (exact) mass is 1000 g/mol. The zero-order valence-electron chi connectivity index (χ0n) is 48.0. The lowest BCUT2D eigenvalue weighted by atomic mass is 10.0. The fourth-order valence-corrected chi connectivity index (χ4v) is 10.0. The third-order valence-electron chi connectivity index (χ3n) is 15.0. The minimum Gasteiger partial charge on any atom is -0.466 e. The molecule has 0 aromatic heterocycles. The van der Waals surface area contributed by atoms with E-state index in [0.29, 0.717) is 19.4 Å². The quantitative estimate of drug-likeness (QED) is 0.0320. The molecule has 0 saturated carbocycles. The highest BCUT2D eigenvalue weighted by Crippen LogP contribution is 2.18. The van der Waals surface area contributed by atoms with E-state index >= 15 is 0 Å². The van der Waals surface area contributed by atoms with Gasteiger partial charge in [0.15, 0.2) is 0 Å². The largest absolute Gasteiger partial charge is 0.466 e. The lowest BCUT2D eigenvalue weighted by molar-refractivity contribution is -0.143. The summed E-state index contributed by atoms with van der Waals surface area (Å²) in [5.74, 6) is -0.0856. The second-order valence-electron chi connectivity index (χ2n) is 22.1. The Bertz CT molecular complexity index is 1110. The average Bonchev–Trinajstić information content (AvgIpc) is 3.37. The van der Waals surface area contributed by atoms with Crippen LogP contribution in [0.25, 0.3) is 0 Å². The summed E-state index contributed by atoms with van der Waals surface area (Å²) in [6, 6.07) is -0.640. The first kappa shape index (κ1) is 69.3. The zero-order valence-corrected chi connectivity index (χ0v) is 48.0. The molecule has 0 saturated heterocycles. The summed E-state index contributed by atoms with van der Waals surface area (Å²) in [4.78, 5) is 24.6. The first-order chi connectivity index (χ1) is 35.0. The maximum atomic E-state index is 12.5. The number of hydrogen-bond acceptors (Lipinski definition) is 5. The van der Waals surface area contributed by atoms with E-state index in [1.165, 1.54) is 257 Å². The summed E-state index contributed by atoms with van der Waals surface area (Å²) in [7, 11) is 0. The van der Waals surface area contributed by atoms with Gasteiger partial charge in [0.25, 0.3) is 0 Å². The van der Waals surface area contributed by atoms with Crippen molar-refractivity contribution >= 4 is 11.9 Å². The molecule has 0 rings (SSSR count). The van der Waals surface area contributed by atoms with E-state index in [-0.39, 0.29) is 18.5 Å². The molecule has 1 amide bonds. The highest BCUT2D eigenvalue weighted by Gasteiger charge is 2.18. The fraction of sp³-hybridized carbons (Fsp3) is 0.908. The second-order valence-corrected chi connectivity index (χ2v) is 22.1. The van der Waals surface area contributed by atoms with Crippen molar-refractivity contribution in [2.45, 2.75) is 366 Å². The number of aliphatic hydroxyl groups is 2. The molecular weight excluding hydrogens is 875 g/mol. The van der Waals surface area contributed by atoms with Gasteiger partial charge in [0.05, 0.1) is 25.4 Å². The van der Waals surface area contributed by atoms with Crippen LogP contribution in [0.15, 0.2) is 24.3 Å². The molecule has 0 aromatic carbocycles. The van der Waals surface area contributed by atoms with Crippen molar-refractivity contribution in [3.8, 4) is 0 Å². The van der Waals surface area contributed by atoms with Gasteiger partial charge in [0, 0.05) is 12.8 Å². The predicted octanol–water partition coefficient (Wildman–Crippen LogP) is 20.2. The predicted molar refractivity (Wildman–Crippen MR) is 310 cm³/mol. The highest BCUT2D eigenvalue weighted by atomic mass is 16.5. The Balaban J connectivity index is 3.47. The van der Waals surface area contributed by atoms with Gasteiger partial charge in [-0.25, -0.2) is 0 Å². The molecule has 6 nitrogen and oxygen atoms in total. The third-order valence-corrected chi connectivity index (χ3v) is 15.0. The Hall–Kier alpha value is -1.66. The average molecular weight is 1000 g/mol. The van der Waals surface area contributed by atoms with Gasteiger partial charge in [-0.2, -0.15) is 0 Å². The standard InChI is InChI=1S/C65H125NO5/c1-3-5-7-9-11-13-15-17-19-21-23-25-26-29-33-37-41-45-49-53-57-63(68)62(61-67)66-64(69)58-54-50-46-42-38-34-30-28-32-36-40-44-48-52-56-60-71-65(70)59-55-51-47-43-39-35-31-27-24-22-20-18-16-14-12-10-8-6-4-2/h32,36,53,57,62-63,67-68H,3-31,33-35,37-52,54-56,58-61H2,1-2H3,(H,66,69)/b36-32-,57-53+. The minimum atomic E-state index is -0.855. The van der Waals surface area contributed by atoms with Crippen molar-refractivity contribution in [2.24, 2.45) is 0 Å². The molecule has 6 heteroatoms. The molecule has 3 N–H and O–H groups in total. The van der Waals surface area contributed by atoms with E-state index in [4.69, 9.17) is 4.74 Å². The van der Waals surface area contributed by atoms with Crippen LogP contribution in [0.2, 0.25) is 0 Å². The minimum absolute atomic E-state index is 0.00573. The van der Waals surface area contributed by atoms with Gasteiger partial charge in [0.1, 0.15) is 0 Å². The maximum Gasteiger partial charge on any atom is 0.305 e. The molecule has 0 aliphatic heterocycles. The van der Waals surface area contributed by atoms with E-state index in [1.54, 1.807) is 6.08 Å². The summed E-state index contributed by atoms with van der Waals surface area (Å²) >= 11 is 0. The molecule has 0 radical (unpaired) electrons.